The Hall–Kier alpha value is -4.00. The third-order valence-corrected chi connectivity index (χ3v) is 4.45. The fourth-order valence-electron chi connectivity index (χ4n) is 3.10. The summed E-state index contributed by atoms with van der Waals surface area (Å²) in [6.45, 7) is 0.143. The fraction of sp³-hybridized carbons (Fsp3) is 0.0909. The van der Waals surface area contributed by atoms with Crippen LogP contribution in [0.3, 0.4) is 0 Å². The van der Waals surface area contributed by atoms with Crippen LogP contribution in [0.15, 0.2) is 76.7 Å². The minimum absolute atomic E-state index is 0.143. The van der Waals surface area contributed by atoms with Gasteiger partial charge in [0.05, 0.1) is 5.56 Å². The Morgan fingerprint density at radius 1 is 1.17 bits per heavy atom. The lowest BCUT2D eigenvalue weighted by Gasteiger charge is -2.08. The lowest BCUT2D eigenvalue weighted by molar-refractivity contribution is 0.100. The minimum atomic E-state index is -0.462. The van der Waals surface area contributed by atoms with Crippen molar-refractivity contribution in [3.8, 4) is 11.3 Å². The summed E-state index contributed by atoms with van der Waals surface area (Å²) >= 11 is 0. The van der Waals surface area contributed by atoms with Crippen LogP contribution in [0, 0.1) is 0 Å². The minimum Gasteiger partial charge on any atom is -0.388 e. The summed E-state index contributed by atoms with van der Waals surface area (Å²) in [5, 5.41) is 9.74. The number of benzene rings is 2. The normalized spacial score (nSPS) is 11.2. The number of nitrogens with two attached hydrogens (primary N) is 1. The highest BCUT2D eigenvalue weighted by atomic mass is 16.6. The molecule has 2 aromatic carbocycles. The number of nitrogens with zero attached hydrogens (tertiary/aromatic N) is 3. The molecule has 1 amide bonds. The van der Waals surface area contributed by atoms with E-state index in [9.17, 15) is 4.79 Å². The van der Waals surface area contributed by atoms with E-state index >= 15 is 0 Å². The smallest absolute Gasteiger partial charge is 0.249 e. The molecule has 0 saturated carbocycles. The number of rotatable bonds is 7. The molecule has 144 valence electrons. The Morgan fingerprint density at radius 3 is 2.90 bits per heavy atom. The van der Waals surface area contributed by atoms with E-state index in [1.807, 2.05) is 48.5 Å². The molecule has 4 aromatic rings. The largest absolute Gasteiger partial charge is 0.388 e. The van der Waals surface area contributed by atoms with Gasteiger partial charge in [0.1, 0.15) is 5.69 Å². The summed E-state index contributed by atoms with van der Waals surface area (Å²) in [6.07, 6.45) is 5.41. The quantitative estimate of drug-likeness (QED) is 0.385. The van der Waals surface area contributed by atoms with E-state index in [4.69, 9.17) is 15.1 Å². The molecule has 0 aliphatic rings. The van der Waals surface area contributed by atoms with Gasteiger partial charge in [-0.2, -0.15) is 0 Å². The van der Waals surface area contributed by atoms with Crippen molar-refractivity contribution in [1.29, 1.82) is 0 Å². The van der Waals surface area contributed by atoms with Gasteiger partial charge in [-0.3, -0.25) is 9.78 Å². The van der Waals surface area contributed by atoms with Crippen LogP contribution in [0.5, 0.6) is 0 Å². The van der Waals surface area contributed by atoms with E-state index in [-0.39, 0.29) is 6.61 Å². The monoisotopic (exact) mass is 386 g/mol. The number of fused-ring (bicyclic) bond motifs is 1. The zero-order valence-electron chi connectivity index (χ0n) is 15.5. The highest BCUT2D eigenvalue weighted by Gasteiger charge is 2.12. The predicted molar refractivity (Wildman–Crippen MR) is 109 cm³/mol. The zero-order valence-corrected chi connectivity index (χ0v) is 15.5. The maximum absolute atomic E-state index is 12.0. The first kappa shape index (κ1) is 18.4. The Balaban J connectivity index is 1.40. The van der Waals surface area contributed by atoms with Crippen LogP contribution in [-0.2, 0) is 17.9 Å². The molecule has 0 saturated heterocycles. The van der Waals surface area contributed by atoms with E-state index in [1.54, 1.807) is 24.7 Å². The lowest BCUT2D eigenvalue weighted by Crippen LogP contribution is -2.14. The number of amides is 1. The Bertz CT molecular complexity index is 1170. The molecule has 2 aromatic heterocycles. The van der Waals surface area contributed by atoms with Crippen molar-refractivity contribution in [3.63, 3.8) is 0 Å². The average Bonchev–Trinajstić information content (AvgIpc) is 3.22. The molecular weight excluding hydrogens is 368 g/mol. The Kier molecular flexibility index (Phi) is 5.29. The van der Waals surface area contributed by atoms with Gasteiger partial charge in [0.15, 0.2) is 12.4 Å². The van der Waals surface area contributed by atoms with E-state index in [2.05, 4.69) is 15.3 Å². The lowest BCUT2D eigenvalue weighted by atomic mass is 9.97. The van der Waals surface area contributed by atoms with Gasteiger partial charge < -0.3 is 15.1 Å². The third-order valence-electron chi connectivity index (χ3n) is 4.45. The van der Waals surface area contributed by atoms with Crippen molar-refractivity contribution >= 4 is 22.9 Å². The second-order valence-electron chi connectivity index (χ2n) is 6.37. The molecule has 0 fully saturated rings. The standard InChI is InChI=1S/C22H18N4O3/c23-22(27)21-16(8-7-15-4-1-2-6-19(15)21)9-11-25-28-14-18-12-20(26-29-18)17-5-3-10-24-13-17/h1-8,10-13H,9,14H2,(H2,23,27). The van der Waals surface area contributed by atoms with Gasteiger partial charge in [-0.25, -0.2) is 0 Å². The molecule has 2 N–H and O–H groups in total. The number of carbonyl (C=O) groups is 1. The molecule has 0 aliphatic carbocycles. The zero-order chi connectivity index (χ0) is 20.1. The Morgan fingerprint density at radius 2 is 2.07 bits per heavy atom. The molecule has 0 radical (unpaired) electrons. The maximum atomic E-state index is 12.0. The average molecular weight is 386 g/mol. The van der Waals surface area contributed by atoms with Gasteiger partial charge in [0.2, 0.25) is 5.91 Å². The predicted octanol–water partition coefficient (Wildman–Crippen LogP) is 3.73. The summed E-state index contributed by atoms with van der Waals surface area (Å²) in [7, 11) is 0. The van der Waals surface area contributed by atoms with Crippen LogP contribution in [0.25, 0.3) is 22.0 Å². The van der Waals surface area contributed by atoms with Gasteiger partial charge >= 0.3 is 0 Å². The summed E-state index contributed by atoms with van der Waals surface area (Å²) in [5.41, 5.74) is 8.44. The maximum Gasteiger partial charge on any atom is 0.249 e. The molecule has 0 spiro atoms. The third kappa shape index (κ3) is 4.14. The molecule has 0 atom stereocenters. The number of pyridine rings is 1. The summed E-state index contributed by atoms with van der Waals surface area (Å²) < 4.78 is 5.24. The molecule has 0 unspecified atom stereocenters. The van der Waals surface area contributed by atoms with Crippen LogP contribution in [0.2, 0.25) is 0 Å². The molecule has 0 aliphatic heterocycles. The number of oxime groups is 1. The van der Waals surface area contributed by atoms with Gasteiger partial charge in [-0.05, 0) is 28.5 Å². The van der Waals surface area contributed by atoms with Crippen molar-refractivity contribution in [2.45, 2.75) is 13.0 Å². The van der Waals surface area contributed by atoms with Crippen molar-refractivity contribution in [2.75, 3.05) is 0 Å². The summed E-state index contributed by atoms with van der Waals surface area (Å²) in [4.78, 5) is 21.3. The second kappa shape index (κ2) is 8.35. The number of primary amides is 1. The first-order valence-electron chi connectivity index (χ1n) is 9.02. The molecule has 0 bridgehead atoms. The topological polar surface area (TPSA) is 104 Å². The van der Waals surface area contributed by atoms with E-state index in [0.29, 0.717) is 23.4 Å². The van der Waals surface area contributed by atoms with Crippen LogP contribution in [0.4, 0.5) is 0 Å². The molecule has 4 rings (SSSR count). The number of hydrogen-bond acceptors (Lipinski definition) is 6. The molecule has 29 heavy (non-hydrogen) atoms. The first-order valence-corrected chi connectivity index (χ1v) is 9.02. The molecule has 7 nitrogen and oxygen atoms in total. The fourth-order valence-corrected chi connectivity index (χ4v) is 3.10. The summed E-state index contributed by atoms with van der Waals surface area (Å²) in [5.74, 6) is 0.0836. The van der Waals surface area contributed by atoms with Gasteiger partial charge in [0, 0.05) is 36.7 Å². The summed E-state index contributed by atoms with van der Waals surface area (Å²) in [6, 6.07) is 17.0. The van der Waals surface area contributed by atoms with Crippen molar-refractivity contribution < 1.29 is 14.2 Å². The highest BCUT2D eigenvalue weighted by Crippen LogP contribution is 2.22. The first-order chi connectivity index (χ1) is 14.2. The second-order valence-corrected chi connectivity index (χ2v) is 6.37. The van der Waals surface area contributed by atoms with Crippen LogP contribution in [-0.4, -0.2) is 22.3 Å². The molecule has 2 heterocycles. The molecular formula is C22H18N4O3. The number of aromatic nitrogens is 2. The van der Waals surface area contributed by atoms with Gasteiger partial charge in [-0.1, -0.05) is 46.7 Å². The molecule has 7 heteroatoms. The van der Waals surface area contributed by atoms with Gasteiger partial charge in [-0.15, -0.1) is 0 Å². The van der Waals surface area contributed by atoms with Gasteiger partial charge in [0.25, 0.3) is 0 Å². The Labute approximate surface area is 166 Å². The van der Waals surface area contributed by atoms with Crippen molar-refractivity contribution in [1.82, 2.24) is 10.1 Å². The van der Waals surface area contributed by atoms with Crippen LogP contribution >= 0.6 is 0 Å². The number of hydrogen-bond donors (Lipinski definition) is 1. The van der Waals surface area contributed by atoms with E-state index in [0.717, 1.165) is 21.9 Å². The number of carbonyl (C=O) groups excluding carboxylic acids is 1. The van der Waals surface area contributed by atoms with Crippen LogP contribution < -0.4 is 5.73 Å². The SMILES string of the molecule is NC(=O)c1c(CC=NOCc2cc(-c3cccnc3)no2)ccc2ccccc12. The van der Waals surface area contributed by atoms with E-state index < -0.39 is 5.91 Å². The van der Waals surface area contributed by atoms with Crippen LogP contribution in [0.1, 0.15) is 21.7 Å². The highest BCUT2D eigenvalue weighted by molar-refractivity contribution is 6.08. The van der Waals surface area contributed by atoms with Crippen molar-refractivity contribution in [3.05, 3.63) is 83.9 Å². The van der Waals surface area contributed by atoms with E-state index in [1.165, 1.54) is 0 Å². The van der Waals surface area contributed by atoms with Crippen molar-refractivity contribution in [2.24, 2.45) is 10.9 Å².